The first-order valence-corrected chi connectivity index (χ1v) is 11.7. The highest BCUT2D eigenvalue weighted by Gasteiger charge is 2.65. The number of carbonyl (C=O) groups is 3. The minimum Gasteiger partial charge on any atom is -0.359 e. The van der Waals surface area contributed by atoms with Gasteiger partial charge in [-0.05, 0) is 28.7 Å². The maximum absolute atomic E-state index is 14.1. The molecule has 5 heteroatoms. The zero-order valence-corrected chi connectivity index (χ0v) is 19.4. The zero-order valence-electron chi connectivity index (χ0n) is 19.4. The summed E-state index contributed by atoms with van der Waals surface area (Å²) in [5.41, 5.74) is 1.96. The summed E-state index contributed by atoms with van der Waals surface area (Å²) in [5.74, 6) is -1.87. The molecule has 0 radical (unpaired) electrons. The van der Waals surface area contributed by atoms with Crippen LogP contribution in [-0.4, -0.2) is 28.5 Å². The first kappa shape index (κ1) is 20.8. The van der Waals surface area contributed by atoms with Crippen LogP contribution in [0, 0.1) is 17.3 Å². The predicted molar refractivity (Wildman–Crippen MR) is 132 cm³/mol. The van der Waals surface area contributed by atoms with E-state index in [4.69, 9.17) is 0 Å². The number of hydrogen-bond donors (Lipinski definition) is 0. The molecule has 3 aliphatic heterocycles. The Labute approximate surface area is 198 Å². The molecule has 6 rings (SSSR count). The molecule has 3 aromatic rings. The summed E-state index contributed by atoms with van der Waals surface area (Å²) in [6, 6.07) is 20.3. The molecular formula is C29H26N2O3. The van der Waals surface area contributed by atoms with E-state index in [0.717, 1.165) is 21.9 Å². The largest absolute Gasteiger partial charge is 0.359 e. The minimum atomic E-state index is -0.723. The summed E-state index contributed by atoms with van der Waals surface area (Å²) < 4.78 is 0. The lowest BCUT2D eigenvalue weighted by Crippen LogP contribution is -2.47. The van der Waals surface area contributed by atoms with Gasteiger partial charge in [0.05, 0.1) is 23.6 Å². The van der Waals surface area contributed by atoms with Gasteiger partial charge in [0.2, 0.25) is 11.8 Å². The van der Waals surface area contributed by atoms with Crippen LogP contribution in [0.4, 0.5) is 5.69 Å². The molecule has 0 saturated carbocycles. The lowest BCUT2D eigenvalue weighted by molar-refractivity contribution is -0.135. The standard InChI is InChI=1S/C29H26N2O3/c1-29(2,3)26(32)25-23-22(24-20-13-7-5-10-18(20)15-16-30(24)25)27(33)31(28(23)34)21-14-8-11-17-9-4-6-12-19(17)21/h4-16,22-25H,1-3H3/t22-,23-,24-,25+/m1/s1. The Balaban J connectivity index is 1.54. The topological polar surface area (TPSA) is 57.7 Å². The van der Waals surface area contributed by atoms with Crippen molar-refractivity contribution in [2.75, 3.05) is 4.90 Å². The molecule has 2 saturated heterocycles. The van der Waals surface area contributed by atoms with Crippen LogP contribution in [0.3, 0.4) is 0 Å². The fourth-order valence-corrected chi connectivity index (χ4v) is 5.94. The van der Waals surface area contributed by atoms with Crippen molar-refractivity contribution in [3.05, 3.63) is 84.1 Å². The number of amides is 2. The summed E-state index contributed by atoms with van der Waals surface area (Å²) in [6.07, 6.45) is 3.88. The molecular weight excluding hydrogens is 424 g/mol. The third kappa shape index (κ3) is 2.76. The van der Waals surface area contributed by atoms with E-state index in [1.807, 2.05) is 105 Å². The number of benzene rings is 3. The second-order valence-electron chi connectivity index (χ2n) is 10.5. The van der Waals surface area contributed by atoms with Crippen molar-refractivity contribution in [3.63, 3.8) is 0 Å². The Morgan fingerprint density at radius 3 is 2.29 bits per heavy atom. The molecule has 5 nitrogen and oxygen atoms in total. The number of imide groups is 1. The highest BCUT2D eigenvalue weighted by atomic mass is 16.2. The van der Waals surface area contributed by atoms with Gasteiger partial charge >= 0.3 is 0 Å². The molecule has 170 valence electrons. The first-order valence-electron chi connectivity index (χ1n) is 11.7. The van der Waals surface area contributed by atoms with E-state index in [1.165, 1.54) is 4.90 Å². The average molecular weight is 451 g/mol. The van der Waals surface area contributed by atoms with E-state index in [0.29, 0.717) is 5.69 Å². The van der Waals surface area contributed by atoms with Crippen molar-refractivity contribution in [1.82, 2.24) is 4.90 Å². The molecule has 0 N–H and O–H groups in total. The SMILES string of the molecule is CC(C)(C)C(=O)[C@@H]1[C@@H]2C(=O)N(c3cccc4ccccc34)C(=O)[C@H]2[C@H]2c3ccccc3C=CN12. The van der Waals surface area contributed by atoms with Crippen LogP contribution in [-0.2, 0) is 14.4 Å². The number of ketones is 1. The van der Waals surface area contributed by atoms with E-state index in [9.17, 15) is 14.4 Å². The summed E-state index contributed by atoms with van der Waals surface area (Å²) in [4.78, 5) is 45.2. The minimum absolute atomic E-state index is 0.0186. The van der Waals surface area contributed by atoms with Crippen molar-refractivity contribution >= 4 is 40.1 Å². The third-order valence-corrected chi connectivity index (χ3v) is 7.48. The molecule has 3 aromatic carbocycles. The molecule has 4 atom stereocenters. The second kappa shape index (κ2) is 7.13. The Hall–Kier alpha value is -3.73. The van der Waals surface area contributed by atoms with Gasteiger partial charge in [0.15, 0.2) is 5.78 Å². The van der Waals surface area contributed by atoms with Crippen LogP contribution in [0.1, 0.15) is 37.9 Å². The number of hydrogen-bond acceptors (Lipinski definition) is 4. The van der Waals surface area contributed by atoms with Gasteiger partial charge in [-0.2, -0.15) is 0 Å². The summed E-state index contributed by atoms with van der Waals surface area (Å²) in [6.45, 7) is 5.63. The van der Waals surface area contributed by atoms with Gasteiger partial charge in [-0.1, -0.05) is 81.4 Å². The van der Waals surface area contributed by atoms with Gasteiger partial charge in [0.1, 0.15) is 6.04 Å². The number of rotatable bonds is 2. The van der Waals surface area contributed by atoms with Gasteiger partial charge in [0.25, 0.3) is 0 Å². The van der Waals surface area contributed by atoms with Crippen molar-refractivity contribution in [2.24, 2.45) is 17.3 Å². The van der Waals surface area contributed by atoms with Gasteiger partial charge in [-0.15, -0.1) is 0 Å². The van der Waals surface area contributed by atoms with E-state index in [1.54, 1.807) is 0 Å². The fourth-order valence-electron chi connectivity index (χ4n) is 5.94. The molecule has 34 heavy (non-hydrogen) atoms. The second-order valence-corrected chi connectivity index (χ2v) is 10.5. The lowest BCUT2D eigenvalue weighted by Gasteiger charge is -2.37. The van der Waals surface area contributed by atoms with Crippen molar-refractivity contribution in [3.8, 4) is 0 Å². The number of fused-ring (bicyclic) bond motifs is 6. The normalized spacial score (nSPS) is 25.5. The smallest absolute Gasteiger partial charge is 0.240 e. The first-order chi connectivity index (χ1) is 16.3. The van der Waals surface area contributed by atoms with Crippen LogP contribution < -0.4 is 4.90 Å². The highest BCUT2D eigenvalue weighted by molar-refractivity contribution is 6.26. The summed E-state index contributed by atoms with van der Waals surface area (Å²) in [5, 5.41) is 1.82. The van der Waals surface area contributed by atoms with Crippen molar-refractivity contribution < 1.29 is 14.4 Å². The molecule has 3 heterocycles. The van der Waals surface area contributed by atoms with Crippen LogP contribution in [0.5, 0.6) is 0 Å². The molecule has 0 unspecified atom stereocenters. The summed E-state index contributed by atoms with van der Waals surface area (Å²) >= 11 is 0. The van der Waals surface area contributed by atoms with E-state index in [2.05, 4.69) is 0 Å². The molecule has 0 aliphatic carbocycles. The van der Waals surface area contributed by atoms with Crippen LogP contribution in [0.25, 0.3) is 16.8 Å². The number of Topliss-reactive ketones (excluding diaryl/α,β-unsaturated/α-hetero) is 1. The zero-order chi connectivity index (χ0) is 23.8. The van der Waals surface area contributed by atoms with Gasteiger partial charge in [-0.3, -0.25) is 14.4 Å². The molecule has 3 aliphatic rings. The maximum atomic E-state index is 14.1. The van der Waals surface area contributed by atoms with Crippen LogP contribution in [0.2, 0.25) is 0 Å². The monoisotopic (exact) mass is 450 g/mol. The average Bonchev–Trinajstić information content (AvgIpc) is 3.30. The van der Waals surface area contributed by atoms with Gasteiger partial charge in [-0.25, -0.2) is 4.90 Å². The van der Waals surface area contributed by atoms with Crippen molar-refractivity contribution in [2.45, 2.75) is 32.9 Å². The number of carbonyl (C=O) groups excluding carboxylic acids is 3. The van der Waals surface area contributed by atoms with E-state index in [-0.39, 0.29) is 23.6 Å². The predicted octanol–water partition coefficient (Wildman–Crippen LogP) is 4.97. The van der Waals surface area contributed by atoms with Crippen LogP contribution in [0.15, 0.2) is 72.9 Å². The number of nitrogens with zero attached hydrogens (tertiary/aromatic N) is 2. The van der Waals surface area contributed by atoms with Gasteiger partial charge < -0.3 is 4.90 Å². The lowest BCUT2D eigenvalue weighted by atomic mass is 9.79. The molecule has 2 amide bonds. The highest BCUT2D eigenvalue weighted by Crippen LogP contribution is 2.54. The van der Waals surface area contributed by atoms with Crippen LogP contribution >= 0.6 is 0 Å². The Kier molecular flexibility index (Phi) is 4.37. The fraction of sp³-hybridized carbons (Fsp3) is 0.276. The summed E-state index contributed by atoms with van der Waals surface area (Å²) in [7, 11) is 0. The molecule has 0 bridgehead atoms. The quantitative estimate of drug-likeness (QED) is 0.517. The van der Waals surface area contributed by atoms with E-state index >= 15 is 0 Å². The Morgan fingerprint density at radius 1 is 0.824 bits per heavy atom. The Bertz CT molecular complexity index is 1390. The molecule has 0 spiro atoms. The van der Waals surface area contributed by atoms with Crippen molar-refractivity contribution in [1.29, 1.82) is 0 Å². The molecule has 2 fully saturated rings. The Morgan fingerprint density at radius 2 is 1.50 bits per heavy atom. The van der Waals surface area contributed by atoms with Gasteiger partial charge in [0, 0.05) is 17.0 Å². The number of anilines is 1. The third-order valence-electron chi connectivity index (χ3n) is 7.48. The maximum Gasteiger partial charge on any atom is 0.240 e. The van der Waals surface area contributed by atoms with E-state index < -0.39 is 23.3 Å². The molecule has 0 aromatic heterocycles.